The molecular formula is C19H22N2O2. The lowest BCUT2D eigenvalue weighted by Gasteiger charge is -2.41. The van der Waals surface area contributed by atoms with Crippen LogP contribution < -0.4 is 0 Å². The van der Waals surface area contributed by atoms with Gasteiger partial charge in [0, 0.05) is 13.2 Å². The Morgan fingerprint density at radius 1 is 1.09 bits per heavy atom. The van der Waals surface area contributed by atoms with Crippen LogP contribution in [0.5, 0.6) is 0 Å². The van der Waals surface area contributed by atoms with Crippen LogP contribution in [0.3, 0.4) is 0 Å². The van der Waals surface area contributed by atoms with Gasteiger partial charge in [0.05, 0.1) is 11.2 Å². The minimum atomic E-state index is -0.449. The summed E-state index contributed by atoms with van der Waals surface area (Å²) in [6.45, 7) is 6.22. The van der Waals surface area contributed by atoms with Gasteiger partial charge in [-0.2, -0.15) is 0 Å². The third-order valence-corrected chi connectivity index (χ3v) is 4.58. The Labute approximate surface area is 137 Å². The summed E-state index contributed by atoms with van der Waals surface area (Å²) in [4.78, 5) is 15.0. The molecule has 0 saturated heterocycles. The van der Waals surface area contributed by atoms with Crippen molar-refractivity contribution in [3.63, 3.8) is 0 Å². The Bertz CT molecular complexity index is 757. The molecule has 0 unspecified atom stereocenters. The highest BCUT2D eigenvalue weighted by atomic mass is 16.5. The molecule has 23 heavy (non-hydrogen) atoms. The number of carbonyl (C=O) groups is 1. The zero-order chi connectivity index (χ0) is 16.6. The van der Waals surface area contributed by atoms with Gasteiger partial charge in [0.1, 0.15) is 11.3 Å². The lowest BCUT2D eigenvalue weighted by molar-refractivity contribution is -0.139. The largest absolute Gasteiger partial charge is 0.477 e. The number of ether oxygens (including phenoxy) is 1. The summed E-state index contributed by atoms with van der Waals surface area (Å²) in [5.74, 6) is 0.682. The molecular weight excluding hydrogens is 288 g/mol. The SMILES string of the molecule is CC1=C(c2cccn2C)C(=O)N(C(C)(C)c2ccccc2)CO1. The summed E-state index contributed by atoms with van der Waals surface area (Å²) in [6, 6.07) is 13.9. The fourth-order valence-electron chi connectivity index (χ4n) is 3.01. The fraction of sp³-hybridized carbons (Fsp3) is 0.316. The van der Waals surface area contributed by atoms with E-state index >= 15 is 0 Å². The molecule has 1 aliphatic rings. The van der Waals surface area contributed by atoms with Gasteiger partial charge < -0.3 is 9.30 Å². The van der Waals surface area contributed by atoms with Gasteiger partial charge in [-0.15, -0.1) is 0 Å². The number of hydrogen-bond donors (Lipinski definition) is 0. The van der Waals surface area contributed by atoms with E-state index in [0.717, 1.165) is 11.3 Å². The number of aryl methyl sites for hydroxylation is 1. The molecule has 2 aromatic rings. The second kappa shape index (κ2) is 5.61. The van der Waals surface area contributed by atoms with Crippen LogP contribution in [-0.2, 0) is 22.1 Å². The summed E-state index contributed by atoms with van der Waals surface area (Å²) in [7, 11) is 1.93. The summed E-state index contributed by atoms with van der Waals surface area (Å²) in [5.41, 5.74) is 2.15. The number of hydrogen-bond acceptors (Lipinski definition) is 2. The minimum Gasteiger partial charge on any atom is -0.477 e. The number of allylic oxidation sites excluding steroid dienone is 1. The number of rotatable bonds is 3. The van der Waals surface area contributed by atoms with Crippen molar-refractivity contribution in [3.05, 3.63) is 65.7 Å². The lowest BCUT2D eigenvalue weighted by atomic mass is 9.91. The van der Waals surface area contributed by atoms with Crippen molar-refractivity contribution in [1.82, 2.24) is 9.47 Å². The van der Waals surface area contributed by atoms with Gasteiger partial charge in [0.15, 0.2) is 6.73 Å². The molecule has 0 aliphatic carbocycles. The lowest BCUT2D eigenvalue weighted by Crippen LogP contribution is -2.49. The van der Waals surface area contributed by atoms with E-state index in [2.05, 4.69) is 0 Å². The molecule has 3 rings (SSSR count). The molecule has 1 aliphatic heterocycles. The van der Waals surface area contributed by atoms with Crippen LogP contribution in [0.1, 0.15) is 32.0 Å². The molecule has 1 aromatic heterocycles. The first-order chi connectivity index (χ1) is 10.9. The second-order valence-corrected chi connectivity index (χ2v) is 6.37. The maximum Gasteiger partial charge on any atom is 0.262 e. The van der Waals surface area contributed by atoms with E-state index in [-0.39, 0.29) is 12.6 Å². The van der Waals surface area contributed by atoms with Gasteiger partial charge in [0.2, 0.25) is 0 Å². The van der Waals surface area contributed by atoms with Gasteiger partial charge in [0.25, 0.3) is 5.91 Å². The number of amides is 1. The third kappa shape index (κ3) is 2.54. The number of nitrogens with zero attached hydrogens (tertiary/aromatic N) is 2. The topological polar surface area (TPSA) is 34.5 Å². The summed E-state index contributed by atoms with van der Waals surface area (Å²) in [5, 5.41) is 0. The molecule has 0 fully saturated rings. The number of aromatic nitrogens is 1. The first-order valence-electron chi connectivity index (χ1n) is 7.76. The van der Waals surface area contributed by atoms with E-state index in [0.29, 0.717) is 11.3 Å². The summed E-state index contributed by atoms with van der Waals surface area (Å²) in [6.07, 6.45) is 1.93. The van der Waals surface area contributed by atoms with Crippen LogP contribution in [0.25, 0.3) is 5.57 Å². The average molecular weight is 310 g/mol. The monoisotopic (exact) mass is 310 g/mol. The number of carbonyl (C=O) groups excluding carboxylic acids is 1. The maximum atomic E-state index is 13.2. The molecule has 0 bridgehead atoms. The van der Waals surface area contributed by atoms with E-state index in [4.69, 9.17) is 4.74 Å². The maximum absolute atomic E-state index is 13.2. The zero-order valence-electron chi connectivity index (χ0n) is 14.0. The highest BCUT2D eigenvalue weighted by molar-refractivity contribution is 6.20. The molecule has 0 saturated carbocycles. The molecule has 1 amide bonds. The molecule has 0 atom stereocenters. The quantitative estimate of drug-likeness (QED) is 0.869. The molecule has 0 spiro atoms. The Morgan fingerprint density at radius 2 is 1.78 bits per heavy atom. The molecule has 120 valence electrons. The van der Waals surface area contributed by atoms with Crippen LogP contribution in [-0.4, -0.2) is 22.1 Å². The van der Waals surface area contributed by atoms with Crippen molar-refractivity contribution in [3.8, 4) is 0 Å². The van der Waals surface area contributed by atoms with Crippen molar-refractivity contribution in [2.24, 2.45) is 7.05 Å². The van der Waals surface area contributed by atoms with Crippen LogP contribution >= 0.6 is 0 Å². The molecule has 2 heterocycles. The fourth-order valence-corrected chi connectivity index (χ4v) is 3.01. The minimum absolute atomic E-state index is 0.00408. The van der Waals surface area contributed by atoms with Crippen molar-refractivity contribution >= 4 is 11.5 Å². The third-order valence-electron chi connectivity index (χ3n) is 4.58. The van der Waals surface area contributed by atoms with Crippen LogP contribution in [0, 0.1) is 0 Å². The molecule has 0 N–H and O–H groups in total. The normalized spacial score (nSPS) is 15.8. The van der Waals surface area contributed by atoms with Gasteiger partial charge in [-0.3, -0.25) is 9.69 Å². The Kier molecular flexibility index (Phi) is 3.76. The average Bonchev–Trinajstić information content (AvgIpc) is 2.94. The predicted molar refractivity (Wildman–Crippen MR) is 90.3 cm³/mol. The molecule has 4 nitrogen and oxygen atoms in total. The van der Waals surface area contributed by atoms with E-state index < -0.39 is 5.54 Å². The zero-order valence-corrected chi connectivity index (χ0v) is 14.0. The van der Waals surface area contributed by atoms with Crippen molar-refractivity contribution in [2.75, 3.05) is 6.73 Å². The first kappa shape index (κ1) is 15.4. The van der Waals surface area contributed by atoms with Crippen LogP contribution in [0.4, 0.5) is 0 Å². The second-order valence-electron chi connectivity index (χ2n) is 6.37. The van der Waals surface area contributed by atoms with E-state index in [1.165, 1.54) is 0 Å². The first-order valence-corrected chi connectivity index (χ1v) is 7.76. The molecule has 1 aromatic carbocycles. The van der Waals surface area contributed by atoms with E-state index in [9.17, 15) is 4.79 Å². The van der Waals surface area contributed by atoms with Crippen LogP contribution in [0.2, 0.25) is 0 Å². The summed E-state index contributed by atoms with van der Waals surface area (Å²) >= 11 is 0. The smallest absolute Gasteiger partial charge is 0.262 e. The van der Waals surface area contributed by atoms with Crippen molar-refractivity contribution in [1.29, 1.82) is 0 Å². The Hall–Kier alpha value is -2.49. The Balaban J connectivity index is 2.01. The van der Waals surface area contributed by atoms with Crippen molar-refractivity contribution < 1.29 is 9.53 Å². The van der Waals surface area contributed by atoms with Gasteiger partial charge >= 0.3 is 0 Å². The van der Waals surface area contributed by atoms with Crippen molar-refractivity contribution in [2.45, 2.75) is 26.3 Å². The molecule has 0 radical (unpaired) electrons. The van der Waals surface area contributed by atoms with Gasteiger partial charge in [-0.25, -0.2) is 0 Å². The van der Waals surface area contributed by atoms with E-state index in [1.54, 1.807) is 4.90 Å². The molecule has 4 heteroatoms. The number of benzene rings is 1. The summed E-state index contributed by atoms with van der Waals surface area (Å²) < 4.78 is 7.78. The Morgan fingerprint density at radius 3 is 2.39 bits per heavy atom. The van der Waals surface area contributed by atoms with Crippen LogP contribution in [0.15, 0.2) is 54.4 Å². The highest BCUT2D eigenvalue weighted by Crippen LogP contribution is 2.35. The van der Waals surface area contributed by atoms with Gasteiger partial charge in [-0.1, -0.05) is 30.3 Å². The highest BCUT2D eigenvalue weighted by Gasteiger charge is 2.38. The standard InChI is InChI=1S/C19H22N2O2/c1-14-17(16-11-8-12-20(16)4)18(22)21(13-23-14)19(2,3)15-9-6-5-7-10-15/h5-12H,13H2,1-4H3. The predicted octanol–water partition coefficient (Wildman–Crippen LogP) is 3.51. The van der Waals surface area contributed by atoms with E-state index in [1.807, 2.05) is 81.0 Å². The van der Waals surface area contributed by atoms with Gasteiger partial charge in [-0.05, 0) is 38.5 Å².